The Kier molecular flexibility index (Phi) is 6.35. The second kappa shape index (κ2) is 7.53. The van der Waals surface area contributed by atoms with Gasteiger partial charge in [0.25, 0.3) is 0 Å². The summed E-state index contributed by atoms with van der Waals surface area (Å²) in [6.07, 6.45) is 4.37. The lowest BCUT2D eigenvalue weighted by atomic mass is 10.0. The Labute approximate surface area is 118 Å². The van der Waals surface area contributed by atoms with Crippen molar-refractivity contribution in [1.82, 2.24) is 9.78 Å². The van der Waals surface area contributed by atoms with Crippen LogP contribution in [0.25, 0.3) is 0 Å². The minimum Gasteiger partial charge on any atom is -0.357 e. The van der Waals surface area contributed by atoms with Crippen LogP contribution in [0.5, 0.6) is 0 Å². The molecular weight excluding hydrogens is 236 g/mol. The molecule has 4 nitrogen and oxygen atoms in total. The molecule has 19 heavy (non-hydrogen) atoms. The molecule has 0 radical (unpaired) electrons. The third kappa shape index (κ3) is 3.96. The summed E-state index contributed by atoms with van der Waals surface area (Å²) in [5.41, 5.74) is 8.59. The molecule has 4 heteroatoms. The molecule has 0 saturated carbocycles. The molecule has 0 aliphatic heterocycles. The van der Waals surface area contributed by atoms with E-state index >= 15 is 0 Å². The highest BCUT2D eigenvalue weighted by molar-refractivity contribution is 5.50. The number of hydrogen-bond donors (Lipinski definition) is 1. The molecule has 0 amide bonds. The number of unbranched alkanes of at least 4 members (excludes halogenated alkanes) is 1. The van der Waals surface area contributed by atoms with Crippen molar-refractivity contribution < 1.29 is 0 Å². The van der Waals surface area contributed by atoms with E-state index in [1.807, 2.05) is 11.7 Å². The van der Waals surface area contributed by atoms with Gasteiger partial charge in [-0.2, -0.15) is 5.10 Å². The molecular formula is C15H30N4. The van der Waals surface area contributed by atoms with E-state index in [-0.39, 0.29) is 6.04 Å². The van der Waals surface area contributed by atoms with Crippen molar-refractivity contribution in [3.63, 3.8) is 0 Å². The van der Waals surface area contributed by atoms with Crippen molar-refractivity contribution in [3.8, 4) is 0 Å². The highest BCUT2D eigenvalue weighted by Crippen LogP contribution is 2.25. The highest BCUT2D eigenvalue weighted by atomic mass is 15.4. The lowest BCUT2D eigenvalue weighted by Gasteiger charge is -2.25. The molecule has 110 valence electrons. The molecule has 0 aliphatic carbocycles. The van der Waals surface area contributed by atoms with Crippen LogP contribution < -0.4 is 10.6 Å². The van der Waals surface area contributed by atoms with E-state index in [1.54, 1.807) is 0 Å². The van der Waals surface area contributed by atoms with Crippen molar-refractivity contribution in [1.29, 1.82) is 0 Å². The van der Waals surface area contributed by atoms with Gasteiger partial charge in [0.1, 0.15) is 5.82 Å². The van der Waals surface area contributed by atoms with E-state index in [4.69, 9.17) is 5.73 Å². The van der Waals surface area contributed by atoms with Crippen LogP contribution in [-0.2, 0) is 13.5 Å². The van der Waals surface area contributed by atoms with E-state index in [0.29, 0.717) is 0 Å². The molecule has 1 unspecified atom stereocenters. The minimum absolute atomic E-state index is 0.228. The monoisotopic (exact) mass is 266 g/mol. The molecule has 1 aromatic heterocycles. The second-order valence-corrected chi connectivity index (χ2v) is 5.32. The molecule has 1 atom stereocenters. The van der Waals surface area contributed by atoms with Gasteiger partial charge in [-0.05, 0) is 33.1 Å². The first-order valence-electron chi connectivity index (χ1n) is 7.58. The number of rotatable bonds is 8. The molecule has 0 aromatic carbocycles. The molecule has 0 bridgehead atoms. The van der Waals surface area contributed by atoms with Gasteiger partial charge in [-0.15, -0.1) is 0 Å². The SMILES string of the molecule is CCCCN(CC)c1c(CC(N)CC)c(C)nn1C. The van der Waals surface area contributed by atoms with Crippen molar-refractivity contribution in [2.75, 3.05) is 18.0 Å². The Hall–Kier alpha value is -1.03. The zero-order valence-electron chi connectivity index (χ0n) is 13.2. The first kappa shape index (κ1) is 16.0. The van der Waals surface area contributed by atoms with E-state index < -0.39 is 0 Å². The summed E-state index contributed by atoms with van der Waals surface area (Å²) in [6, 6.07) is 0.228. The van der Waals surface area contributed by atoms with Crippen LogP contribution in [0.1, 0.15) is 51.3 Å². The van der Waals surface area contributed by atoms with E-state index in [2.05, 4.69) is 37.7 Å². The fraction of sp³-hybridized carbons (Fsp3) is 0.800. The molecule has 0 saturated heterocycles. The maximum absolute atomic E-state index is 6.14. The van der Waals surface area contributed by atoms with E-state index in [1.165, 1.54) is 24.2 Å². The summed E-state index contributed by atoms with van der Waals surface area (Å²) in [5.74, 6) is 1.26. The van der Waals surface area contributed by atoms with E-state index in [9.17, 15) is 0 Å². The molecule has 1 heterocycles. The molecule has 1 aromatic rings. The van der Waals surface area contributed by atoms with Crippen LogP contribution in [-0.4, -0.2) is 28.9 Å². The Morgan fingerprint density at radius 1 is 1.32 bits per heavy atom. The van der Waals surface area contributed by atoms with Gasteiger partial charge >= 0.3 is 0 Å². The van der Waals surface area contributed by atoms with Gasteiger partial charge in [-0.1, -0.05) is 20.3 Å². The molecule has 2 N–H and O–H groups in total. The van der Waals surface area contributed by atoms with Crippen LogP contribution in [0.4, 0.5) is 5.82 Å². The zero-order valence-corrected chi connectivity index (χ0v) is 13.2. The Balaban J connectivity index is 3.02. The third-order valence-corrected chi connectivity index (χ3v) is 3.77. The molecule has 0 fully saturated rings. The number of nitrogens with zero attached hydrogens (tertiary/aromatic N) is 3. The average molecular weight is 266 g/mol. The lowest BCUT2D eigenvalue weighted by molar-refractivity contribution is 0.637. The van der Waals surface area contributed by atoms with E-state index in [0.717, 1.165) is 31.6 Å². The Morgan fingerprint density at radius 3 is 2.53 bits per heavy atom. The van der Waals surface area contributed by atoms with Gasteiger partial charge in [-0.3, -0.25) is 4.68 Å². The highest BCUT2D eigenvalue weighted by Gasteiger charge is 2.19. The second-order valence-electron chi connectivity index (χ2n) is 5.32. The van der Waals surface area contributed by atoms with Crippen LogP contribution in [0.2, 0.25) is 0 Å². The topological polar surface area (TPSA) is 47.1 Å². The van der Waals surface area contributed by atoms with Gasteiger partial charge in [-0.25, -0.2) is 0 Å². The van der Waals surface area contributed by atoms with Gasteiger partial charge in [0.15, 0.2) is 0 Å². The standard InChI is InChI=1S/C15H30N4/c1-6-9-10-19(8-3)15-14(11-13(16)7-2)12(4)17-18(15)5/h13H,6-11,16H2,1-5H3. The third-order valence-electron chi connectivity index (χ3n) is 3.77. The Bertz CT molecular complexity index is 384. The van der Waals surface area contributed by atoms with Crippen LogP contribution in [0.3, 0.4) is 0 Å². The number of aryl methyl sites for hydroxylation is 2. The quantitative estimate of drug-likeness (QED) is 0.787. The predicted octanol–water partition coefficient (Wildman–Crippen LogP) is 2.63. The van der Waals surface area contributed by atoms with Crippen molar-refractivity contribution >= 4 is 5.82 Å². The summed E-state index contributed by atoms with van der Waals surface area (Å²) in [4.78, 5) is 2.43. The Morgan fingerprint density at radius 2 is 2.00 bits per heavy atom. The maximum atomic E-state index is 6.14. The number of aromatic nitrogens is 2. The van der Waals surface area contributed by atoms with Gasteiger partial charge in [0.2, 0.25) is 0 Å². The largest absolute Gasteiger partial charge is 0.357 e. The van der Waals surface area contributed by atoms with Crippen molar-refractivity contribution in [3.05, 3.63) is 11.3 Å². The summed E-state index contributed by atoms with van der Waals surface area (Å²) < 4.78 is 2.02. The van der Waals surface area contributed by atoms with Gasteiger partial charge < -0.3 is 10.6 Å². The van der Waals surface area contributed by atoms with Crippen LogP contribution >= 0.6 is 0 Å². The fourth-order valence-corrected chi connectivity index (χ4v) is 2.49. The molecule has 0 aliphatic rings. The van der Waals surface area contributed by atoms with Crippen molar-refractivity contribution in [2.45, 2.75) is 59.4 Å². The molecule has 0 spiro atoms. The normalized spacial score (nSPS) is 12.7. The van der Waals surface area contributed by atoms with Crippen LogP contribution in [0, 0.1) is 6.92 Å². The van der Waals surface area contributed by atoms with Crippen LogP contribution in [0.15, 0.2) is 0 Å². The number of nitrogens with two attached hydrogens (primary N) is 1. The smallest absolute Gasteiger partial charge is 0.130 e. The first-order chi connectivity index (χ1) is 9.04. The summed E-state index contributed by atoms with van der Waals surface area (Å²) in [7, 11) is 2.04. The molecule has 1 rings (SSSR count). The first-order valence-corrected chi connectivity index (χ1v) is 7.58. The van der Waals surface area contributed by atoms with Gasteiger partial charge in [0, 0.05) is 31.7 Å². The fourth-order valence-electron chi connectivity index (χ4n) is 2.49. The van der Waals surface area contributed by atoms with Crippen molar-refractivity contribution in [2.24, 2.45) is 12.8 Å². The number of hydrogen-bond acceptors (Lipinski definition) is 3. The summed E-state index contributed by atoms with van der Waals surface area (Å²) >= 11 is 0. The average Bonchev–Trinajstić information content (AvgIpc) is 2.66. The summed E-state index contributed by atoms with van der Waals surface area (Å²) in [6.45, 7) is 10.8. The zero-order chi connectivity index (χ0) is 14.4. The predicted molar refractivity (Wildman–Crippen MR) is 82.7 cm³/mol. The minimum atomic E-state index is 0.228. The number of anilines is 1. The van der Waals surface area contributed by atoms with Gasteiger partial charge in [0.05, 0.1) is 5.69 Å². The summed E-state index contributed by atoms with van der Waals surface area (Å²) in [5, 5.41) is 4.59. The maximum Gasteiger partial charge on any atom is 0.130 e. The lowest BCUT2D eigenvalue weighted by Crippen LogP contribution is -2.29.